The van der Waals surface area contributed by atoms with E-state index < -0.39 is 0 Å². The average molecular weight is 185 g/mol. The molecule has 4 fully saturated rings. The van der Waals surface area contributed by atoms with Gasteiger partial charge in [0.2, 0.25) is 0 Å². The molecular weight excluding hydrogens is 168 g/mol. The first-order chi connectivity index (χ1) is 5.81. The summed E-state index contributed by atoms with van der Waals surface area (Å²) in [7, 11) is 0. The molecule has 1 heteroatoms. The molecule has 4 rings (SSSR count). The summed E-state index contributed by atoms with van der Waals surface area (Å²) in [5.74, 6) is 4.03. The molecule has 68 valence electrons. The summed E-state index contributed by atoms with van der Waals surface area (Å²) in [6, 6.07) is 0. The maximum atomic E-state index is 6.41. The Labute approximate surface area is 79.7 Å². The van der Waals surface area contributed by atoms with Crippen molar-refractivity contribution in [1.82, 2.24) is 0 Å². The van der Waals surface area contributed by atoms with E-state index in [4.69, 9.17) is 11.6 Å². The van der Waals surface area contributed by atoms with Crippen molar-refractivity contribution in [2.75, 3.05) is 0 Å². The molecule has 4 aliphatic carbocycles. The molecule has 0 aliphatic heterocycles. The number of halogens is 1. The van der Waals surface area contributed by atoms with Crippen molar-refractivity contribution in [3.8, 4) is 0 Å². The zero-order valence-corrected chi connectivity index (χ0v) is 8.26. The van der Waals surface area contributed by atoms with E-state index in [1.807, 2.05) is 0 Å². The van der Waals surface area contributed by atoms with Gasteiger partial charge in [-0.3, -0.25) is 0 Å². The Morgan fingerprint density at radius 1 is 0.667 bits per heavy atom. The summed E-state index contributed by atoms with van der Waals surface area (Å²) in [4.78, 5) is 0. The molecule has 0 aromatic heterocycles. The van der Waals surface area contributed by atoms with Crippen molar-refractivity contribution >= 4 is 11.6 Å². The van der Waals surface area contributed by atoms with Gasteiger partial charge in [-0.15, -0.1) is 11.6 Å². The standard InChI is InChI=1S/C11H17Cl/c12-11-6-9-2-7-1-8(3-9)5-10(11)4-7/h7-11H,1-6H2/t7-,8-,9?,10?,11-/m1/s1. The van der Waals surface area contributed by atoms with Crippen molar-refractivity contribution in [1.29, 1.82) is 0 Å². The Kier molecular flexibility index (Phi) is 1.69. The molecular formula is C11H17Cl. The first-order valence-corrected chi connectivity index (χ1v) is 5.89. The first-order valence-electron chi connectivity index (χ1n) is 5.45. The molecule has 4 bridgehead atoms. The third-order valence-corrected chi connectivity index (χ3v) is 4.88. The predicted molar refractivity (Wildman–Crippen MR) is 51.3 cm³/mol. The lowest BCUT2D eigenvalue weighted by Gasteiger charge is -2.38. The summed E-state index contributed by atoms with van der Waals surface area (Å²) in [5.41, 5.74) is 0. The van der Waals surface area contributed by atoms with Crippen LogP contribution in [0, 0.1) is 23.7 Å². The molecule has 0 amide bonds. The van der Waals surface area contributed by atoms with Gasteiger partial charge in [-0.2, -0.15) is 0 Å². The van der Waals surface area contributed by atoms with E-state index >= 15 is 0 Å². The number of fused-ring (bicyclic) bond motifs is 1. The first kappa shape index (κ1) is 7.67. The zero-order chi connectivity index (χ0) is 8.13. The fourth-order valence-electron chi connectivity index (χ4n) is 4.04. The topological polar surface area (TPSA) is 0 Å². The maximum Gasteiger partial charge on any atom is 0.0367 e. The molecule has 4 aliphatic rings. The smallest absolute Gasteiger partial charge is 0.0367 e. The van der Waals surface area contributed by atoms with E-state index in [2.05, 4.69) is 0 Å². The van der Waals surface area contributed by atoms with Crippen LogP contribution in [-0.4, -0.2) is 5.38 Å². The van der Waals surface area contributed by atoms with Gasteiger partial charge in [0.25, 0.3) is 0 Å². The lowest BCUT2D eigenvalue weighted by Crippen LogP contribution is -2.28. The maximum absolute atomic E-state index is 6.41. The highest BCUT2D eigenvalue weighted by molar-refractivity contribution is 6.20. The van der Waals surface area contributed by atoms with Crippen molar-refractivity contribution in [2.24, 2.45) is 23.7 Å². The van der Waals surface area contributed by atoms with E-state index in [-0.39, 0.29) is 0 Å². The fourth-order valence-corrected chi connectivity index (χ4v) is 4.50. The molecule has 3 atom stereocenters. The summed E-state index contributed by atoms with van der Waals surface area (Å²) in [6.45, 7) is 0. The van der Waals surface area contributed by atoms with Crippen LogP contribution in [0.2, 0.25) is 0 Å². The Morgan fingerprint density at radius 3 is 1.75 bits per heavy atom. The van der Waals surface area contributed by atoms with Crippen molar-refractivity contribution in [2.45, 2.75) is 43.9 Å². The molecule has 0 aromatic rings. The second-order valence-corrected chi connectivity index (χ2v) is 5.85. The Bertz CT molecular complexity index is 175. The monoisotopic (exact) mass is 184 g/mol. The van der Waals surface area contributed by atoms with E-state index in [0.29, 0.717) is 5.38 Å². The minimum atomic E-state index is 0.533. The summed E-state index contributed by atoms with van der Waals surface area (Å²) in [5, 5.41) is 0.533. The minimum Gasteiger partial charge on any atom is -0.123 e. The highest BCUT2D eigenvalue weighted by atomic mass is 35.5. The second-order valence-electron chi connectivity index (χ2n) is 5.29. The van der Waals surface area contributed by atoms with Gasteiger partial charge < -0.3 is 0 Å². The highest BCUT2D eigenvalue weighted by Gasteiger charge is 2.42. The fraction of sp³-hybridized carbons (Fsp3) is 1.00. The van der Waals surface area contributed by atoms with Gasteiger partial charge >= 0.3 is 0 Å². The van der Waals surface area contributed by atoms with Crippen LogP contribution in [0.3, 0.4) is 0 Å². The molecule has 0 aromatic carbocycles. The van der Waals surface area contributed by atoms with E-state index in [9.17, 15) is 0 Å². The molecule has 4 saturated carbocycles. The van der Waals surface area contributed by atoms with Crippen LogP contribution < -0.4 is 0 Å². The van der Waals surface area contributed by atoms with Crippen LogP contribution in [0.1, 0.15) is 38.5 Å². The predicted octanol–water partition coefficient (Wildman–Crippen LogP) is 3.44. The Balaban J connectivity index is 1.91. The van der Waals surface area contributed by atoms with Crippen molar-refractivity contribution < 1.29 is 0 Å². The number of hydrogen-bond donors (Lipinski definition) is 0. The molecule has 0 saturated heterocycles. The lowest BCUT2D eigenvalue weighted by atomic mass is 9.68. The molecule has 0 nitrogen and oxygen atoms in total. The number of hydrogen-bond acceptors (Lipinski definition) is 0. The van der Waals surface area contributed by atoms with Crippen LogP contribution in [-0.2, 0) is 0 Å². The van der Waals surface area contributed by atoms with Crippen LogP contribution >= 0.6 is 11.6 Å². The van der Waals surface area contributed by atoms with Crippen LogP contribution in [0.5, 0.6) is 0 Å². The van der Waals surface area contributed by atoms with Gasteiger partial charge in [0.05, 0.1) is 0 Å². The SMILES string of the molecule is Cl[C@@H]1CC2C[C@@H]3CC1C[C@@H](C2)C3. The molecule has 0 spiro atoms. The number of rotatable bonds is 0. The molecule has 0 unspecified atom stereocenters. The molecule has 12 heavy (non-hydrogen) atoms. The van der Waals surface area contributed by atoms with Gasteiger partial charge in [0, 0.05) is 5.38 Å². The van der Waals surface area contributed by atoms with Gasteiger partial charge in [-0.1, -0.05) is 0 Å². The van der Waals surface area contributed by atoms with Gasteiger partial charge in [-0.25, -0.2) is 0 Å². The van der Waals surface area contributed by atoms with E-state index in [1.165, 1.54) is 38.5 Å². The molecule has 0 N–H and O–H groups in total. The normalized spacial score (nSPS) is 57.2. The number of alkyl halides is 1. The molecule has 0 heterocycles. The highest BCUT2D eigenvalue weighted by Crippen LogP contribution is 2.52. The quantitative estimate of drug-likeness (QED) is 0.506. The van der Waals surface area contributed by atoms with Crippen molar-refractivity contribution in [3.05, 3.63) is 0 Å². The largest absolute Gasteiger partial charge is 0.123 e. The Morgan fingerprint density at radius 2 is 1.17 bits per heavy atom. The third kappa shape index (κ3) is 1.11. The van der Waals surface area contributed by atoms with E-state index in [0.717, 1.165) is 23.7 Å². The van der Waals surface area contributed by atoms with Gasteiger partial charge in [0.1, 0.15) is 0 Å². The minimum absolute atomic E-state index is 0.533. The Hall–Kier alpha value is 0.290. The molecule has 0 radical (unpaired) electrons. The third-order valence-electron chi connectivity index (χ3n) is 4.34. The average Bonchev–Trinajstić information content (AvgIpc) is 2.16. The van der Waals surface area contributed by atoms with Crippen molar-refractivity contribution in [3.63, 3.8) is 0 Å². The lowest BCUT2D eigenvalue weighted by molar-refractivity contribution is 0.134. The zero-order valence-electron chi connectivity index (χ0n) is 7.51. The second kappa shape index (κ2) is 2.64. The summed E-state index contributed by atoms with van der Waals surface area (Å²) >= 11 is 6.41. The summed E-state index contributed by atoms with van der Waals surface area (Å²) < 4.78 is 0. The van der Waals surface area contributed by atoms with Crippen LogP contribution in [0.15, 0.2) is 0 Å². The van der Waals surface area contributed by atoms with Gasteiger partial charge in [0.15, 0.2) is 0 Å². The van der Waals surface area contributed by atoms with Gasteiger partial charge in [-0.05, 0) is 62.2 Å². The summed E-state index contributed by atoms with van der Waals surface area (Å²) in [6.07, 6.45) is 8.81. The van der Waals surface area contributed by atoms with Crippen LogP contribution in [0.25, 0.3) is 0 Å². The van der Waals surface area contributed by atoms with E-state index in [1.54, 1.807) is 0 Å². The van der Waals surface area contributed by atoms with Crippen LogP contribution in [0.4, 0.5) is 0 Å².